The van der Waals surface area contributed by atoms with Gasteiger partial charge in [-0.05, 0) is 42.7 Å². The molecule has 0 bridgehead atoms. The van der Waals surface area contributed by atoms with Gasteiger partial charge in [-0.2, -0.15) is 0 Å². The molecule has 1 atom stereocenters. The number of rotatable bonds is 4. The molecule has 1 heterocycles. The highest BCUT2D eigenvalue weighted by Crippen LogP contribution is 2.36. The Kier molecular flexibility index (Phi) is 4.07. The molecule has 22 heavy (non-hydrogen) atoms. The Morgan fingerprint density at radius 3 is 2.77 bits per heavy atom. The van der Waals surface area contributed by atoms with E-state index in [1.807, 2.05) is 12.1 Å². The minimum absolute atomic E-state index is 0.0332. The summed E-state index contributed by atoms with van der Waals surface area (Å²) < 4.78 is 38.3. The van der Waals surface area contributed by atoms with Crippen LogP contribution in [0.15, 0.2) is 65.3 Å². The number of pyridine rings is 1. The van der Waals surface area contributed by atoms with Crippen molar-refractivity contribution in [3.63, 3.8) is 0 Å². The summed E-state index contributed by atoms with van der Waals surface area (Å²) >= 11 is 0. The highest BCUT2D eigenvalue weighted by atomic mass is 32.2. The molecule has 3 nitrogen and oxygen atoms in total. The molecule has 1 aliphatic carbocycles. The maximum Gasteiger partial charge on any atom is 0.199 e. The molecule has 0 spiro atoms. The first-order chi connectivity index (χ1) is 10.6. The highest BCUT2D eigenvalue weighted by molar-refractivity contribution is 7.91. The zero-order valence-corrected chi connectivity index (χ0v) is 12.8. The van der Waals surface area contributed by atoms with E-state index in [4.69, 9.17) is 0 Å². The Labute approximate surface area is 129 Å². The van der Waals surface area contributed by atoms with Gasteiger partial charge in [0.05, 0.1) is 5.75 Å². The zero-order valence-electron chi connectivity index (χ0n) is 11.9. The summed E-state index contributed by atoms with van der Waals surface area (Å²) in [5.41, 5.74) is 1.66. The third kappa shape index (κ3) is 3.09. The maximum absolute atomic E-state index is 13.4. The molecule has 5 heteroatoms. The summed E-state index contributed by atoms with van der Waals surface area (Å²) in [6.07, 6.45) is 5.06. The van der Waals surface area contributed by atoms with Gasteiger partial charge in [-0.25, -0.2) is 17.8 Å². The number of halogens is 1. The first kappa shape index (κ1) is 14.9. The van der Waals surface area contributed by atoms with Crippen LogP contribution in [0.4, 0.5) is 4.39 Å². The van der Waals surface area contributed by atoms with Gasteiger partial charge in [0.2, 0.25) is 0 Å². The van der Waals surface area contributed by atoms with Crippen molar-refractivity contribution in [3.05, 3.63) is 71.7 Å². The lowest BCUT2D eigenvalue weighted by molar-refractivity contribution is 0.592. The minimum atomic E-state index is -3.47. The summed E-state index contributed by atoms with van der Waals surface area (Å²) in [6.45, 7) is 0. The van der Waals surface area contributed by atoms with Crippen LogP contribution >= 0.6 is 0 Å². The van der Waals surface area contributed by atoms with E-state index in [1.165, 1.54) is 24.4 Å². The van der Waals surface area contributed by atoms with Crippen molar-refractivity contribution in [2.75, 3.05) is 5.75 Å². The second-order valence-corrected chi connectivity index (χ2v) is 7.33. The van der Waals surface area contributed by atoms with Crippen LogP contribution < -0.4 is 0 Å². The number of sulfone groups is 1. The molecule has 0 saturated heterocycles. The zero-order chi connectivity index (χ0) is 15.6. The SMILES string of the molecule is O=S(=O)(CC1=CCCC1c1cccc(F)c1)c1ccccn1. The van der Waals surface area contributed by atoms with Crippen LogP contribution in [0.5, 0.6) is 0 Å². The van der Waals surface area contributed by atoms with Gasteiger partial charge in [-0.1, -0.05) is 29.8 Å². The number of hydrogen-bond acceptors (Lipinski definition) is 3. The molecular weight excluding hydrogens is 301 g/mol. The lowest BCUT2D eigenvalue weighted by Crippen LogP contribution is -2.13. The quantitative estimate of drug-likeness (QED) is 0.811. The van der Waals surface area contributed by atoms with E-state index in [9.17, 15) is 12.8 Å². The Morgan fingerprint density at radius 2 is 2.05 bits per heavy atom. The van der Waals surface area contributed by atoms with Crippen LogP contribution in [-0.4, -0.2) is 19.2 Å². The molecule has 0 saturated carbocycles. The summed E-state index contributed by atoms with van der Waals surface area (Å²) in [6, 6.07) is 11.2. The highest BCUT2D eigenvalue weighted by Gasteiger charge is 2.27. The van der Waals surface area contributed by atoms with Crippen LogP contribution in [0.2, 0.25) is 0 Å². The van der Waals surface area contributed by atoms with Crippen molar-refractivity contribution in [1.29, 1.82) is 0 Å². The van der Waals surface area contributed by atoms with E-state index in [-0.39, 0.29) is 22.5 Å². The van der Waals surface area contributed by atoms with Gasteiger partial charge >= 0.3 is 0 Å². The molecule has 3 rings (SSSR count). The van der Waals surface area contributed by atoms with Crippen LogP contribution in [-0.2, 0) is 9.84 Å². The summed E-state index contributed by atoms with van der Waals surface area (Å²) in [5.74, 6) is -0.393. The Hall–Kier alpha value is -2.01. The number of benzene rings is 1. The molecule has 1 unspecified atom stereocenters. The average Bonchev–Trinajstić information content (AvgIpc) is 2.95. The van der Waals surface area contributed by atoms with Crippen molar-refractivity contribution in [3.8, 4) is 0 Å². The smallest absolute Gasteiger partial charge is 0.199 e. The molecular formula is C17H16FNO2S. The molecule has 2 aromatic rings. The van der Waals surface area contributed by atoms with Gasteiger partial charge in [-0.3, -0.25) is 0 Å². The predicted molar refractivity (Wildman–Crippen MR) is 82.7 cm³/mol. The fourth-order valence-electron chi connectivity index (χ4n) is 2.85. The number of allylic oxidation sites excluding steroid dienone is 1. The van der Waals surface area contributed by atoms with Gasteiger partial charge in [0.1, 0.15) is 5.82 Å². The fourth-order valence-corrected chi connectivity index (χ4v) is 4.26. The van der Waals surface area contributed by atoms with Crippen molar-refractivity contribution in [1.82, 2.24) is 4.98 Å². The van der Waals surface area contributed by atoms with Crippen molar-refractivity contribution >= 4 is 9.84 Å². The topological polar surface area (TPSA) is 47.0 Å². The summed E-state index contributed by atoms with van der Waals surface area (Å²) in [7, 11) is -3.47. The van der Waals surface area contributed by atoms with Crippen molar-refractivity contribution in [2.24, 2.45) is 0 Å². The standard InChI is InChI=1S/C17H16FNO2S/c18-15-7-3-5-13(11-15)16-8-4-6-14(16)12-22(20,21)17-9-1-2-10-19-17/h1-3,5-7,9-11,16H,4,8,12H2. The monoisotopic (exact) mass is 317 g/mol. The summed E-state index contributed by atoms with van der Waals surface area (Å²) in [4.78, 5) is 3.93. The maximum atomic E-state index is 13.4. The molecule has 0 fully saturated rings. The van der Waals surface area contributed by atoms with Crippen LogP contribution in [0.3, 0.4) is 0 Å². The third-order valence-corrected chi connectivity index (χ3v) is 5.47. The molecule has 0 N–H and O–H groups in total. The van der Waals surface area contributed by atoms with Crippen LogP contribution in [0, 0.1) is 5.82 Å². The van der Waals surface area contributed by atoms with E-state index in [1.54, 1.807) is 18.2 Å². The molecule has 1 aromatic heterocycles. The number of aromatic nitrogens is 1. The van der Waals surface area contributed by atoms with Gasteiger partial charge in [0.15, 0.2) is 14.9 Å². The molecule has 0 aliphatic heterocycles. The number of nitrogens with zero attached hydrogens (tertiary/aromatic N) is 1. The summed E-state index contributed by atoms with van der Waals surface area (Å²) in [5, 5.41) is 0.0841. The van der Waals surface area contributed by atoms with E-state index in [2.05, 4.69) is 4.98 Å². The largest absolute Gasteiger partial charge is 0.245 e. The second-order valence-electron chi connectivity index (χ2n) is 5.39. The Balaban J connectivity index is 1.86. The minimum Gasteiger partial charge on any atom is -0.245 e. The normalized spacial score (nSPS) is 18.2. The Bertz CT molecular complexity index is 800. The first-order valence-electron chi connectivity index (χ1n) is 7.14. The first-order valence-corrected chi connectivity index (χ1v) is 8.80. The average molecular weight is 317 g/mol. The third-order valence-electron chi connectivity index (χ3n) is 3.87. The van der Waals surface area contributed by atoms with Gasteiger partial charge in [0.25, 0.3) is 0 Å². The van der Waals surface area contributed by atoms with Crippen LogP contribution in [0.25, 0.3) is 0 Å². The van der Waals surface area contributed by atoms with E-state index in [0.29, 0.717) is 0 Å². The van der Waals surface area contributed by atoms with Crippen LogP contribution in [0.1, 0.15) is 24.3 Å². The predicted octanol–water partition coefficient (Wildman–Crippen LogP) is 3.50. The second kappa shape index (κ2) is 6.01. The Morgan fingerprint density at radius 1 is 1.18 bits per heavy atom. The lowest BCUT2D eigenvalue weighted by atomic mass is 9.93. The van der Waals surface area contributed by atoms with E-state index < -0.39 is 9.84 Å². The molecule has 114 valence electrons. The van der Waals surface area contributed by atoms with Gasteiger partial charge in [0, 0.05) is 12.1 Å². The van der Waals surface area contributed by atoms with Gasteiger partial charge in [-0.15, -0.1) is 0 Å². The van der Waals surface area contributed by atoms with Gasteiger partial charge < -0.3 is 0 Å². The molecule has 0 amide bonds. The van der Waals surface area contributed by atoms with Crippen molar-refractivity contribution < 1.29 is 12.8 Å². The molecule has 1 aliphatic rings. The fraction of sp³-hybridized carbons (Fsp3) is 0.235. The lowest BCUT2D eigenvalue weighted by Gasteiger charge is -2.15. The molecule has 0 radical (unpaired) electrons. The van der Waals surface area contributed by atoms with E-state index >= 15 is 0 Å². The van der Waals surface area contributed by atoms with E-state index in [0.717, 1.165) is 24.0 Å². The van der Waals surface area contributed by atoms with Crippen molar-refractivity contribution in [2.45, 2.75) is 23.8 Å². The molecule has 1 aromatic carbocycles. The number of hydrogen-bond donors (Lipinski definition) is 0.